The summed E-state index contributed by atoms with van der Waals surface area (Å²) >= 11 is 0. The Hall–Kier alpha value is -3.56. The molecule has 0 radical (unpaired) electrons. The van der Waals surface area contributed by atoms with Gasteiger partial charge >= 0.3 is 6.18 Å². The average molecular weight is 438 g/mol. The van der Waals surface area contributed by atoms with E-state index in [9.17, 15) is 26.7 Å². The number of amides is 1. The number of primary amides is 1. The monoisotopic (exact) mass is 438 g/mol. The number of benzene rings is 1. The molecule has 31 heavy (non-hydrogen) atoms. The summed E-state index contributed by atoms with van der Waals surface area (Å²) in [4.78, 5) is 15.3. The third kappa shape index (κ3) is 6.21. The second-order valence-corrected chi connectivity index (χ2v) is 6.70. The van der Waals surface area contributed by atoms with Crippen LogP contribution < -0.4 is 5.73 Å². The van der Waals surface area contributed by atoms with Crippen molar-refractivity contribution in [2.45, 2.75) is 20.0 Å². The summed E-state index contributed by atoms with van der Waals surface area (Å²) in [5.41, 5.74) is 4.16. The molecule has 0 saturated carbocycles. The number of rotatable bonds is 7. The topological polar surface area (TPSA) is 71.6 Å². The van der Waals surface area contributed by atoms with Crippen molar-refractivity contribution >= 4 is 17.2 Å². The first-order chi connectivity index (χ1) is 14.4. The van der Waals surface area contributed by atoms with Gasteiger partial charge in [0.05, 0.1) is 16.8 Å². The first-order valence-corrected chi connectivity index (χ1v) is 8.93. The number of pyridine rings is 1. The molecular formula is C21H19F5N4O. The van der Waals surface area contributed by atoms with Gasteiger partial charge in [-0.1, -0.05) is 20.4 Å². The van der Waals surface area contributed by atoms with E-state index in [1.807, 2.05) is 0 Å². The van der Waals surface area contributed by atoms with Gasteiger partial charge in [0.15, 0.2) is 0 Å². The van der Waals surface area contributed by atoms with Crippen LogP contribution in [0.15, 0.2) is 60.6 Å². The number of carbonyl (C=O) groups excluding carboxylic acids is 1. The molecule has 0 atom stereocenters. The van der Waals surface area contributed by atoms with Crippen molar-refractivity contribution in [2.75, 3.05) is 0 Å². The van der Waals surface area contributed by atoms with Crippen LogP contribution in [0.2, 0.25) is 0 Å². The summed E-state index contributed by atoms with van der Waals surface area (Å²) in [6.07, 6.45) is -1.32. The summed E-state index contributed by atoms with van der Waals surface area (Å²) in [6.45, 7) is 6.84. The third-order valence-electron chi connectivity index (χ3n) is 4.04. The van der Waals surface area contributed by atoms with Gasteiger partial charge in [0.25, 0.3) is 5.91 Å². The highest BCUT2D eigenvalue weighted by Crippen LogP contribution is 2.31. The van der Waals surface area contributed by atoms with Crippen LogP contribution in [0.3, 0.4) is 0 Å². The Labute approximate surface area is 175 Å². The number of hydrogen-bond acceptors (Lipinski definition) is 4. The molecule has 1 heterocycles. The van der Waals surface area contributed by atoms with E-state index in [4.69, 9.17) is 5.73 Å². The summed E-state index contributed by atoms with van der Waals surface area (Å²) in [5, 5.41) is 5.24. The van der Waals surface area contributed by atoms with Gasteiger partial charge in [0.2, 0.25) is 5.95 Å². The Kier molecular flexibility index (Phi) is 7.27. The highest BCUT2D eigenvalue weighted by Gasteiger charge is 2.32. The third-order valence-corrected chi connectivity index (χ3v) is 4.04. The van der Waals surface area contributed by atoms with Crippen molar-refractivity contribution in [3.05, 3.63) is 84.0 Å². The van der Waals surface area contributed by atoms with Crippen LogP contribution in [0, 0.1) is 17.7 Å². The fraction of sp³-hybridized carbons (Fsp3) is 0.190. The second-order valence-electron chi connectivity index (χ2n) is 6.70. The Morgan fingerprint density at radius 2 is 1.87 bits per heavy atom. The normalized spacial score (nSPS) is 12.8. The molecule has 1 aromatic heterocycles. The molecule has 1 amide bonds. The molecule has 0 spiro atoms. The number of nitrogens with two attached hydrogens (primary N) is 1. The number of carbonyl (C=O) groups is 1. The zero-order chi connectivity index (χ0) is 23.3. The Morgan fingerprint density at radius 1 is 1.19 bits per heavy atom. The van der Waals surface area contributed by atoms with E-state index in [0.717, 1.165) is 41.8 Å². The summed E-state index contributed by atoms with van der Waals surface area (Å²) < 4.78 is 66.6. The van der Waals surface area contributed by atoms with E-state index in [-0.39, 0.29) is 22.4 Å². The second kappa shape index (κ2) is 9.50. The lowest BCUT2D eigenvalue weighted by Gasteiger charge is -2.18. The summed E-state index contributed by atoms with van der Waals surface area (Å²) in [7, 11) is 0. The minimum absolute atomic E-state index is 0.0888. The number of halogens is 5. The van der Waals surface area contributed by atoms with Crippen LogP contribution in [0.4, 0.5) is 22.0 Å². The van der Waals surface area contributed by atoms with Crippen molar-refractivity contribution in [3.8, 4) is 0 Å². The average Bonchev–Trinajstić information content (AvgIpc) is 2.66. The van der Waals surface area contributed by atoms with Crippen LogP contribution in [0.25, 0.3) is 5.57 Å². The molecule has 2 N–H and O–H groups in total. The standard InChI is InChI=1S/C21H19F5N4O/c1-4-30(11-17(20(27)31)13-5-6-28-18(23)9-13)29-19(12(2)3)14-7-15(21(24,25)26)10-16(22)8-14/h4-12H,1H2,2-3H3,(H2,27,31)/b17-11-,29-19+. The van der Waals surface area contributed by atoms with Crippen LogP contribution in [0.1, 0.15) is 30.5 Å². The molecule has 10 heteroatoms. The first kappa shape index (κ1) is 23.7. The SMILES string of the molecule is C=CN(/C=C(\C(N)=O)c1ccnc(F)c1)/N=C(/c1cc(F)cc(C(F)(F)F)c1)C(C)C. The van der Waals surface area contributed by atoms with Crippen LogP contribution in [-0.4, -0.2) is 21.6 Å². The molecule has 0 fully saturated rings. The van der Waals surface area contributed by atoms with Gasteiger partial charge in [0, 0.05) is 30.2 Å². The van der Waals surface area contributed by atoms with E-state index in [1.54, 1.807) is 13.8 Å². The molecule has 164 valence electrons. The highest BCUT2D eigenvalue weighted by atomic mass is 19.4. The molecule has 0 aliphatic rings. The molecule has 5 nitrogen and oxygen atoms in total. The smallest absolute Gasteiger partial charge is 0.366 e. The van der Waals surface area contributed by atoms with Gasteiger partial charge in [-0.25, -0.2) is 14.4 Å². The Morgan fingerprint density at radius 3 is 2.39 bits per heavy atom. The van der Waals surface area contributed by atoms with E-state index in [2.05, 4.69) is 16.7 Å². The number of alkyl halides is 3. The fourth-order valence-electron chi connectivity index (χ4n) is 2.64. The lowest BCUT2D eigenvalue weighted by molar-refractivity contribution is -0.137. The van der Waals surface area contributed by atoms with Crippen LogP contribution in [0.5, 0.6) is 0 Å². The molecule has 0 aliphatic heterocycles. The molecule has 1 aromatic carbocycles. The van der Waals surface area contributed by atoms with Crippen LogP contribution in [-0.2, 0) is 11.0 Å². The lowest BCUT2D eigenvalue weighted by atomic mass is 9.98. The Bertz CT molecular complexity index is 1040. The number of nitrogens with zero attached hydrogens (tertiary/aromatic N) is 3. The van der Waals surface area contributed by atoms with E-state index < -0.39 is 35.3 Å². The summed E-state index contributed by atoms with van der Waals surface area (Å²) in [6, 6.07) is 4.41. The van der Waals surface area contributed by atoms with Gasteiger partial charge in [-0.05, 0) is 35.7 Å². The molecule has 2 rings (SSSR count). The van der Waals surface area contributed by atoms with Gasteiger partial charge in [0.1, 0.15) is 5.82 Å². The van der Waals surface area contributed by atoms with Gasteiger partial charge in [-0.3, -0.25) is 4.79 Å². The molecule has 0 bridgehead atoms. The van der Waals surface area contributed by atoms with Crippen LogP contribution >= 0.6 is 0 Å². The van der Waals surface area contributed by atoms with Crippen molar-refractivity contribution in [2.24, 2.45) is 16.8 Å². The first-order valence-electron chi connectivity index (χ1n) is 8.93. The quantitative estimate of drug-likeness (QED) is 0.224. The Balaban J connectivity index is 2.60. The maximum Gasteiger partial charge on any atom is 0.416 e. The molecular weight excluding hydrogens is 419 g/mol. The predicted molar refractivity (Wildman–Crippen MR) is 106 cm³/mol. The zero-order valence-corrected chi connectivity index (χ0v) is 16.6. The van der Waals surface area contributed by atoms with Crippen molar-refractivity contribution in [3.63, 3.8) is 0 Å². The zero-order valence-electron chi connectivity index (χ0n) is 16.6. The number of hydrazone groups is 1. The minimum atomic E-state index is -4.75. The van der Waals surface area contributed by atoms with Crippen molar-refractivity contribution in [1.29, 1.82) is 0 Å². The van der Waals surface area contributed by atoms with E-state index in [1.165, 1.54) is 6.07 Å². The largest absolute Gasteiger partial charge is 0.416 e. The van der Waals surface area contributed by atoms with Gasteiger partial charge in [-0.2, -0.15) is 22.7 Å². The number of aromatic nitrogens is 1. The molecule has 2 aromatic rings. The predicted octanol–water partition coefficient (Wildman–Crippen LogP) is 4.71. The maximum atomic E-state index is 13.9. The summed E-state index contributed by atoms with van der Waals surface area (Å²) in [5.74, 6) is -3.28. The highest BCUT2D eigenvalue weighted by molar-refractivity contribution is 6.18. The van der Waals surface area contributed by atoms with E-state index >= 15 is 0 Å². The lowest BCUT2D eigenvalue weighted by Crippen LogP contribution is -2.19. The number of hydrogen-bond donors (Lipinski definition) is 1. The maximum absolute atomic E-state index is 13.9. The van der Waals surface area contributed by atoms with Gasteiger partial charge in [-0.15, -0.1) is 0 Å². The fourth-order valence-corrected chi connectivity index (χ4v) is 2.64. The minimum Gasteiger partial charge on any atom is -0.366 e. The molecule has 0 saturated heterocycles. The van der Waals surface area contributed by atoms with Crippen molar-refractivity contribution < 1.29 is 26.7 Å². The van der Waals surface area contributed by atoms with E-state index in [0.29, 0.717) is 6.07 Å². The van der Waals surface area contributed by atoms with Crippen molar-refractivity contribution in [1.82, 2.24) is 9.99 Å². The molecule has 0 unspecified atom stereocenters. The molecule has 0 aliphatic carbocycles. The van der Waals surface area contributed by atoms with Gasteiger partial charge < -0.3 is 5.73 Å².